The monoisotopic (exact) mass is 322 g/mol. The third kappa shape index (κ3) is 4.62. The Kier molecular flexibility index (Phi) is 4.97. The summed E-state index contributed by atoms with van der Waals surface area (Å²) in [4.78, 5) is 11.6. The summed E-state index contributed by atoms with van der Waals surface area (Å²) >= 11 is 10.8. The van der Waals surface area contributed by atoms with Crippen LogP contribution in [0.25, 0.3) is 6.08 Å². The molecule has 0 bridgehead atoms. The summed E-state index contributed by atoms with van der Waals surface area (Å²) in [5, 5.41) is 15.2. The number of thiocarbonyl (C=S) groups is 1. The normalized spacial score (nSPS) is 10.5. The van der Waals surface area contributed by atoms with Gasteiger partial charge in [-0.15, -0.1) is 0 Å². The van der Waals surface area contributed by atoms with Crippen molar-refractivity contribution in [3.8, 4) is 5.75 Å². The highest BCUT2D eigenvalue weighted by Gasteiger charge is 2.06. The lowest BCUT2D eigenvalue weighted by Crippen LogP contribution is -2.32. The maximum absolute atomic E-state index is 11.6. The van der Waals surface area contributed by atoms with Crippen molar-refractivity contribution in [1.29, 1.82) is 0 Å². The van der Waals surface area contributed by atoms with E-state index in [4.69, 9.17) is 28.2 Å². The average molecular weight is 323 g/mol. The minimum Gasteiger partial charge on any atom is -0.506 e. The highest BCUT2D eigenvalue weighted by molar-refractivity contribution is 7.80. The SMILES string of the molecule is O=C(C=Cc1ccco1)NC(=S)Nc1cc(Cl)ccc1O. The molecule has 0 saturated heterocycles. The molecule has 0 fully saturated rings. The summed E-state index contributed by atoms with van der Waals surface area (Å²) < 4.78 is 5.05. The lowest BCUT2D eigenvalue weighted by molar-refractivity contribution is -0.115. The van der Waals surface area contributed by atoms with Gasteiger partial charge in [0, 0.05) is 11.1 Å². The van der Waals surface area contributed by atoms with Crippen molar-refractivity contribution in [3.63, 3.8) is 0 Å². The first kappa shape index (κ1) is 15.1. The maximum atomic E-state index is 11.6. The first-order chi connectivity index (χ1) is 10.0. The molecule has 5 nitrogen and oxygen atoms in total. The number of hydrogen-bond acceptors (Lipinski definition) is 4. The molecular weight excluding hydrogens is 312 g/mol. The van der Waals surface area contributed by atoms with Gasteiger partial charge in [0.1, 0.15) is 11.5 Å². The number of phenolic OH excluding ortho intramolecular Hbond substituents is 1. The van der Waals surface area contributed by atoms with Gasteiger partial charge in [0.15, 0.2) is 5.11 Å². The Morgan fingerprint density at radius 3 is 2.90 bits per heavy atom. The van der Waals surface area contributed by atoms with Gasteiger partial charge in [-0.25, -0.2) is 0 Å². The molecule has 1 aromatic heterocycles. The molecule has 0 atom stereocenters. The van der Waals surface area contributed by atoms with Crippen LogP contribution in [0, 0.1) is 0 Å². The van der Waals surface area contributed by atoms with Gasteiger partial charge in [0.2, 0.25) is 5.91 Å². The number of halogens is 1. The predicted molar refractivity (Wildman–Crippen MR) is 85.2 cm³/mol. The molecule has 1 aromatic carbocycles. The summed E-state index contributed by atoms with van der Waals surface area (Å²) in [5.41, 5.74) is 0.308. The van der Waals surface area contributed by atoms with E-state index in [2.05, 4.69) is 10.6 Å². The van der Waals surface area contributed by atoms with Crippen LogP contribution >= 0.6 is 23.8 Å². The second-order valence-electron chi connectivity index (χ2n) is 3.95. The number of nitrogens with one attached hydrogen (secondary N) is 2. The van der Waals surface area contributed by atoms with Crippen LogP contribution in [0.4, 0.5) is 5.69 Å². The van der Waals surface area contributed by atoms with Crippen molar-refractivity contribution in [1.82, 2.24) is 5.32 Å². The van der Waals surface area contributed by atoms with Crippen LogP contribution in [0.1, 0.15) is 5.76 Å². The summed E-state index contributed by atoms with van der Waals surface area (Å²) in [6, 6.07) is 7.88. The van der Waals surface area contributed by atoms with Gasteiger partial charge in [-0.3, -0.25) is 10.1 Å². The largest absolute Gasteiger partial charge is 0.506 e. The molecule has 2 rings (SSSR count). The topological polar surface area (TPSA) is 74.5 Å². The van der Waals surface area contributed by atoms with Crippen molar-refractivity contribution < 1.29 is 14.3 Å². The van der Waals surface area contributed by atoms with Gasteiger partial charge in [-0.1, -0.05) is 11.6 Å². The molecule has 7 heteroatoms. The first-order valence-corrected chi connectivity index (χ1v) is 6.65. The molecule has 0 radical (unpaired) electrons. The second kappa shape index (κ2) is 6.92. The van der Waals surface area contributed by atoms with Crippen molar-refractivity contribution >= 4 is 46.6 Å². The Balaban J connectivity index is 1.92. The average Bonchev–Trinajstić information content (AvgIpc) is 2.94. The van der Waals surface area contributed by atoms with Crippen LogP contribution in [-0.2, 0) is 4.79 Å². The standard InChI is InChI=1S/C14H11ClN2O3S/c15-9-3-5-12(18)11(8-9)16-14(21)17-13(19)6-4-10-2-1-7-20-10/h1-8,18H,(H2,16,17,19,21). The quantitative estimate of drug-likeness (QED) is 0.460. The number of carbonyl (C=O) groups is 1. The zero-order valence-corrected chi connectivity index (χ0v) is 12.2. The molecular formula is C14H11ClN2O3S. The highest BCUT2D eigenvalue weighted by atomic mass is 35.5. The zero-order chi connectivity index (χ0) is 15.2. The van der Waals surface area contributed by atoms with Gasteiger partial charge in [0.05, 0.1) is 12.0 Å². The number of amides is 1. The zero-order valence-electron chi connectivity index (χ0n) is 10.7. The molecule has 1 heterocycles. The lowest BCUT2D eigenvalue weighted by Gasteiger charge is -2.09. The van der Waals surface area contributed by atoms with Crippen molar-refractivity contribution in [2.24, 2.45) is 0 Å². The van der Waals surface area contributed by atoms with Crippen LogP contribution in [-0.4, -0.2) is 16.1 Å². The highest BCUT2D eigenvalue weighted by Crippen LogP contribution is 2.26. The smallest absolute Gasteiger partial charge is 0.250 e. The van der Waals surface area contributed by atoms with Crippen LogP contribution in [0.2, 0.25) is 5.02 Å². The molecule has 0 saturated carbocycles. The molecule has 21 heavy (non-hydrogen) atoms. The molecule has 0 unspecified atom stereocenters. The fourth-order valence-electron chi connectivity index (χ4n) is 1.46. The third-order valence-electron chi connectivity index (χ3n) is 2.39. The Hall–Kier alpha value is -2.31. The number of anilines is 1. The minimum atomic E-state index is -0.426. The summed E-state index contributed by atoms with van der Waals surface area (Å²) in [7, 11) is 0. The maximum Gasteiger partial charge on any atom is 0.250 e. The number of rotatable bonds is 3. The number of phenols is 1. The Morgan fingerprint density at radius 2 is 2.19 bits per heavy atom. The number of furan rings is 1. The summed E-state index contributed by atoms with van der Waals surface area (Å²) in [5.74, 6) is 0.101. The van der Waals surface area contributed by atoms with Crippen LogP contribution in [0.5, 0.6) is 5.75 Å². The number of hydrogen-bond donors (Lipinski definition) is 3. The Labute approximate surface area is 131 Å². The van der Waals surface area contributed by atoms with Crippen molar-refractivity contribution in [2.45, 2.75) is 0 Å². The molecule has 3 N–H and O–H groups in total. The van der Waals surface area contributed by atoms with Gasteiger partial charge >= 0.3 is 0 Å². The van der Waals surface area contributed by atoms with Crippen LogP contribution < -0.4 is 10.6 Å². The second-order valence-corrected chi connectivity index (χ2v) is 4.80. The van der Waals surface area contributed by atoms with E-state index in [1.165, 1.54) is 36.6 Å². The van der Waals surface area contributed by atoms with Gasteiger partial charge in [-0.2, -0.15) is 0 Å². The van der Waals surface area contributed by atoms with E-state index < -0.39 is 5.91 Å². The Morgan fingerprint density at radius 1 is 1.38 bits per heavy atom. The van der Waals surface area contributed by atoms with Crippen molar-refractivity contribution in [2.75, 3.05) is 5.32 Å². The molecule has 0 spiro atoms. The molecule has 0 aliphatic rings. The lowest BCUT2D eigenvalue weighted by atomic mass is 10.3. The Bertz CT molecular complexity index is 684. The molecule has 0 aliphatic carbocycles. The van der Waals surface area contributed by atoms with E-state index in [9.17, 15) is 9.90 Å². The third-order valence-corrected chi connectivity index (χ3v) is 2.82. The number of aromatic hydroxyl groups is 1. The fourth-order valence-corrected chi connectivity index (χ4v) is 1.84. The number of benzene rings is 1. The van der Waals surface area contributed by atoms with E-state index in [1.807, 2.05) is 0 Å². The molecule has 108 valence electrons. The van der Waals surface area contributed by atoms with Crippen molar-refractivity contribution in [3.05, 3.63) is 53.5 Å². The van der Waals surface area contributed by atoms with E-state index >= 15 is 0 Å². The minimum absolute atomic E-state index is 0.0258. The van der Waals surface area contributed by atoms with E-state index in [1.54, 1.807) is 12.1 Å². The van der Waals surface area contributed by atoms with Crippen LogP contribution in [0.15, 0.2) is 47.1 Å². The van der Waals surface area contributed by atoms with E-state index in [0.717, 1.165) is 0 Å². The predicted octanol–water partition coefficient (Wildman–Crippen LogP) is 3.17. The molecule has 0 aliphatic heterocycles. The van der Waals surface area contributed by atoms with Gasteiger partial charge in [-0.05, 0) is 48.6 Å². The number of carbonyl (C=O) groups excluding carboxylic acids is 1. The first-order valence-electron chi connectivity index (χ1n) is 5.86. The van der Waals surface area contributed by atoms with E-state index in [0.29, 0.717) is 16.5 Å². The summed E-state index contributed by atoms with van der Waals surface area (Å²) in [6.07, 6.45) is 4.30. The molecule has 2 aromatic rings. The summed E-state index contributed by atoms with van der Waals surface area (Å²) in [6.45, 7) is 0. The van der Waals surface area contributed by atoms with Gasteiger partial charge in [0.25, 0.3) is 0 Å². The fraction of sp³-hybridized carbons (Fsp3) is 0. The van der Waals surface area contributed by atoms with Crippen LogP contribution in [0.3, 0.4) is 0 Å². The van der Waals surface area contributed by atoms with E-state index in [-0.39, 0.29) is 10.9 Å². The van der Waals surface area contributed by atoms with Gasteiger partial charge < -0.3 is 14.8 Å². The molecule has 1 amide bonds.